The molecule has 0 amide bonds. The monoisotopic (exact) mass is 1480 g/mol. The number of nitrogens with zero attached hydrogens (tertiary/aromatic N) is 4. The molecule has 104 heavy (non-hydrogen) atoms. The van der Waals surface area contributed by atoms with Gasteiger partial charge >= 0.3 is 12.4 Å². The fourth-order valence-corrected chi connectivity index (χ4v) is 16.4. The van der Waals surface area contributed by atoms with Crippen LogP contribution in [0.25, 0.3) is 0 Å². The number of ether oxygens (including phenoxy) is 9. The first-order valence-electron chi connectivity index (χ1n) is 34.6. The fraction of sp³-hybridized carbons (Fsp3) is 0.367. The first kappa shape index (κ1) is 75.3. The van der Waals surface area contributed by atoms with E-state index in [1.807, 2.05) is 12.1 Å². The van der Waals surface area contributed by atoms with Gasteiger partial charge in [0.2, 0.25) is 25.1 Å². The van der Waals surface area contributed by atoms with Crippen LogP contribution in [0.2, 0.25) is 0 Å². The highest BCUT2D eigenvalue weighted by Gasteiger charge is 2.72. The van der Waals surface area contributed by atoms with Crippen LogP contribution < -0.4 is 23.7 Å². The average molecular weight is 1480 g/mol. The molecule has 4 fully saturated rings. The predicted molar refractivity (Wildman–Crippen MR) is 378 cm³/mol. The van der Waals surface area contributed by atoms with Crippen LogP contribution in [0.1, 0.15) is 38.9 Å². The maximum atomic E-state index is 14.8. The highest BCUT2D eigenvalue weighted by atomic mass is 32.2. The number of aryl methyl sites for hydroxylation is 1. The Bertz CT molecular complexity index is 4530. The van der Waals surface area contributed by atoms with Gasteiger partial charge in [0.25, 0.3) is 0 Å². The summed E-state index contributed by atoms with van der Waals surface area (Å²) in [6, 6.07) is 39.6. The number of rotatable bonds is 25. The summed E-state index contributed by atoms with van der Waals surface area (Å²) in [4.78, 5) is -0.0398. The second-order valence-electron chi connectivity index (χ2n) is 28.5. The molecule has 8 aromatic rings. The number of quaternary nitrogens is 4. The summed E-state index contributed by atoms with van der Waals surface area (Å²) < 4.78 is 204. The van der Waals surface area contributed by atoms with Gasteiger partial charge < -0.3 is 60.6 Å². The highest BCUT2D eigenvalue weighted by Crippen LogP contribution is 2.56. The van der Waals surface area contributed by atoms with Gasteiger partial charge in [0.05, 0.1) is 123 Å². The number of morpholine rings is 4. The minimum absolute atomic E-state index is 0.0628. The second kappa shape index (κ2) is 30.6. The highest BCUT2D eigenvalue weighted by molar-refractivity contribution is 7.91. The Balaban J connectivity index is 0.774. The van der Waals surface area contributed by atoms with Gasteiger partial charge in [-0.05, 0) is 152 Å². The van der Waals surface area contributed by atoms with E-state index >= 15 is 0 Å². The Morgan fingerprint density at radius 2 is 0.615 bits per heavy atom. The first-order valence-corrected chi connectivity index (χ1v) is 37.6. The van der Waals surface area contributed by atoms with Crippen molar-refractivity contribution in [3.05, 3.63) is 221 Å². The van der Waals surface area contributed by atoms with E-state index in [1.165, 1.54) is 60.7 Å². The number of sulfone groups is 2. The summed E-state index contributed by atoms with van der Waals surface area (Å²) in [7, 11) is 0.518. The van der Waals surface area contributed by atoms with Gasteiger partial charge in [0, 0.05) is 0 Å². The van der Waals surface area contributed by atoms with Crippen LogP contribution in [-0.2, 0) is 70.2 Å². The van der Waals surface area contributed by atoms with E-state index in [0.717, 1.165) is 113 Å². The van der Waals surface area contributed by atoms with Gasteiger partial charge in [-0.2, -0.15) is 26.3 Å². The number of likely N-dealkylation sites (N-methyl/N-ethyl adjacent to an activating group) is 4. The minimum atomic E-state index is -5.77. The minimum Gasteiger partial charge on any atom is -0.489 e. The van der Waals surface area contributed by atoms with Crippen molar-refractivity contribution in [3.8, 4) is 51.7 Å². The zero-order valence-corrected chi connectivity index (χ0v) is 60.6. The van der Waals surface area contributed by atoms with Crippen LogP contribution in [0.3, 0.4) is 0 Å². The van der Waals surface area contributed by atoms with Gasteiger partial charge in [-0.15, -0.1) is 0 Å². The average Bonchev–Trinajstić information content (AvgIpc) is 0.724. The van der Waals surface area contributed by atoms with Crippen molar-refractivity contribution >= 4 is 19.7 Å². The summed E-state index contributed by atoms with van der Waals surface area (Å²) in [5, 5.41) is 0. The molecule has 0 spiro atoms. The quantitative estimate of drug-likeness (QED) is 0.0303. The normalized spacial score (nSPS) is 17.7. The molecule has 17 nitrogen and oxygen atoms in total. The van der Waals surface area contributed by atoms with Crippen LogP contribution >= 0.6 is 0 Å². The van der Waals surface area contributed by atoms with Crippen molar-refractivity contribution in [1.29, 1.82) is 0 Å². The van der Waals surface area contributed by atoms with Crippen molar-refractivity contribution in [3.63, 3.8) is 0 Å². The molecule has 0 radical (unpaired) electrons. The van der Waals surface area contributed by atoms with Gasteiger partial charge in [-0.25, -0.2) is 16.8 Å². The molecular weight excluding hydrogens is 1390 g/mol. The third-order valence-corrected chi connectivity index (χ3v) is 23.9. The Morgan fingerprint density at radius 1 is 0.375 bits per heavy atom. The lowest BCUT2D eigenvalue weighted by Crippen LogP contribution is -2.54. The van der Waals surface area contributed by atoms with E-state index in [2.05, 4.69) is 46.9 Å². The van der Waals surface area contributed by atoms with Crippen molar-refractivity contribution < 1.29 is 104 Å². The zero-order valence-electron chi connectivity index (χ0n) is 59.0. The summed E-state index contributed by atoms with van der Waals surface area (Å²) in [5.74, 6) is 3.68. The molecule has 12 rings (SSSR count). The SMILES string of the molecule is C=CCOc1cc(C[N+]2(C)CCOCC2)c(Oc2ccc(S(=O)(=O)c3ccc(Oc4cc(C[N+]5(C)CCOCC5)c(Oc5ccc(S(=O)(=O)c6ccc(Oc7ccc(C(c8ccc(C)cc8)(C(F)(F)F)C(F)(F)F)cc7)cc6)cc5)cc4C[N+]4(C)CCOCC4)cc3)cc2)cc1C[N+]1(C)CCOCC1. The number of alkyl halides is 6. The molecule has 4 aliphatic rings. The number of hydrogen-bond donors (Lipinski definition) is 0. The molecule has 4 saturated heterocycles. The van der Waals surface area contributed by atoms with E-state index in [4.69, 9.17) is 42.6 Å². The topological polar surface area (TPSA) is 151 Å². The Kier molecular flexibility index (Phi) is 22.2. The van der Waals surface area contributed by atoms with Crippen LogP contribution in [0.15, 0.2) is 202 Å². The van der Waals surface area contributed by atoms with E-state index < -0.39 is 48.6 Å². The molecule has 0 unspecified atom stereocenters. The van der Waals surface area contributed by atoms with Gasteiger partial charge in [-0.3, -0.25) is 0 Å². The third-order valence-electron chi connectivity index (χ3n) is 20.3. The molecule has 0 bridgehead atoms. The lowest BCUT2D eigenvalue weighted by molar-refractivity contribution is -0.929. The molecule has 552 valence electrons. The van der Waals surface area contributed by atoms with Crippen molar-refractivity contribution in [2.24, 2.45) is 0 Å². The molecule has 25 heteroatoms. The lowest BCUT2D eigenvalue weighted by Gasteiger charge is -2.39. The molecule has 0 aliphatic carbocycles. The van der Waals surface area contributed by atoms with Crippen LogP contribution in [0.5, 0.6) is 51.7 Å². The maximum absolute atomic E-state index is 14.8. The fourth-order valence-electron chi connectivity index (χ4n) is 13.9. The molecule has 0 aromatic heterocycles. The van der Waals surface area contributed by atoms with Crippen LogP contribution in [-0.4, -0.2) is 187 Å². The van der Waals surface area contributed by atoms with Gasteiger partial charge in [0.1, 0.15) is 137 Å². The summed E-state index contributed by atoms with van der Waals surface area (Å²) in [6.07, 6.45) is -9.80. The Labute approximate surface area is 604 Å². The number of hydrogen-bond acceptors (Lipinski definition) is 13. The smallest absolute Gasteiger partial charge is 0.411 e. The number of halogens is 6. The largest absolute Gasteiger partial charge is 0.489 e. The Morgan fingerprint density at radius 3 is 0.885 bits per heavy atom. The summed E-state index contributed by atoms with van der Waals surface area (Å²) in [6.45, 7) is 19.2. The molecule has 0 N–H and O–H groups in total. The number of benzene rings is 8. The van der Waals surface area contributed by atoms with E-state index in [-0.39, 0.29) is 31.1 Å². The second-order valence-corrected chi connectivity index (χ2v) is 32.4. The zero-order chi connectivity index (χ0) is 73.8. The Hall–Kier alpha value is -8.34. The van der Waals surface area contributed by atoms with Crippen molar-refractivity contribution in [1.82, 2.24) is 0 Å². The van der Waals surface area contributed by atoms with E-state index in [1.54, 1.807) is 61.5 Å². The standard InChI is InChI=1S/C79H88F6N4O13S2/c1-7-40-98-73-49-59(54-87(4)34-43-95-44-35-87)74(50-58(73)53-86(3)32-41-94-42-33-86)100-66-18-26-71(27-19-66)104(92,93)72-30-22-68(23-31-72)102-76-52-60(55-88(5)36-45-96-46-37-88)75(51-61(76)56-89(6)38-47-97-48-39-89)101-67-20-28-70(29-21-67)103(90,91)69-24-16-65(17-25-69)99-64-14-12-63(13-15-64)77(78(80,81)82,79(83,84)85)62-10-8-57(2)9-11-62/h7-31,49-52H,1,32-48,53-56H2,2-6H3/q+4. The van der Waals surface area contributed by atoms with Crippen LogP contribution in [0, 0.1) is 6.92 Å². The van der Waals surface area contributed by atoms with E-state index in [9.17, 15) is 43.2 Å². The van der Waals surface area contributed by atoms with E-state index in [0.29, 0.717) is 148 Å². The predicted octanol–water partition coefficient (Wildman–Crippen LogP) is 14.7. The summed E-state index contributed by atoms with van der Waals surface area (Å²) >= 11 is 0. The third kappa shape index (κ3) is 17.0. The lowest BCUT2D eigenvalue weighted by atomic mass is 9.72. The molecular formula is C79H88F6N4O13S2+4. The molecule has 8 aromatic carbocycles. The van der Waals surface area contributed by atoms with Gasteiger partial charge in [0.15, 0.2) is 0 Å². The summed E-state index contributed by atoms with van der Waals surface area (Å²) in [5.41, 5.74) is -2.36. The molecule has 4 aliphatic heterocycles. The van der Waals surface area contributed by atoms with Crippen molar-refractivity contribution in [2.45, 2.75) is 70.5 Å². The van der Waals surface area contributed by atoms with Crippen LogP contribution in [0.4, 0.5) is 26.3 Å². The molecule has 0 atom stereocenters. The molecule has 4 heterocycles. The van der Waals surface area contributed by atoms with Crippen molar-refractivity contribution in [2.75, 3.05) is 140 Å². The maximum Gasteiger partial charge on any atom is 0.411 e. The van der Waals surface area contributed by atoms with Gasteiger partial charge in [-0.1, -0.05) is 54.6 Å². The first-order chi connectivity index (χ1) is 49.5. The molecule has 0 saturated carbocycles.